The predicted molar refractivity (Wildman–Crippen MR) is 105 cm³/mol. The van der Waals surface area contributed by atoms with Crippen molar-refractivity contribution in [1.82, 2.24) is 15.5 Å². The van der Waals surface area contributed by atoms with E-state index in [1.165, 1.54) is 25.7 Å². The third kappa shape index (κ3) is 4.75. The van der Waals surface area contributed by atoms with Gasteiger partial charge in [-0.25, -0.2) is 0 Å². The normalized spacial score (nSPS) is 23.3. The number of benzene rings is 1. The second-order valence-electron chi connectivity index (χ2n) is 6.95. The molecule has 1 aromatic carbocycles. The molecule has 6 heteroatoms. The van der Waals surface area contributed by atoms with Crippen molar-refractivity contribution in [2.45, 2.75) is 25.7 Å². The molecule has 5 nitrogen and oxygen atoms in total. The van der Waals surface area contributed by atoms with E-state index in [1.54, 1.807) is 0 Å². The van der Waals surface area contributed by atoms with Crippen molar-refractivity contribution in [2.75, 3.05) is 33.2 Å². The van der Waals surface area contributed by atoms with Crippen LogP contribution < -0.4 is 10.6 Å². The number of hydrogen-bond acceptors (Lipinski definition) is 2. The number of carbonyl (C=O) groups excluding carboxylic acids is 1. The Hall–Kier alpha value is -1.56. The largest absolute Gasteiger partial charge is 0.354 e. The van der Waals surface area contributed by atoms with Crippen LogP contribution in [-0.4, -0.2) is 50.0 Å². The van der Waals surface area contributed by atoms with E-state index in [0.717, 1.165) is 35.4 Å². The summed E-state index contributed by atoms with van der Waals surface area (Å²) in [5, 5.41) is 6.34. The number of nitrogens with zero attached hydrogens (tertiary/aromatic N) is 2. The van der Waals surface area contributed by atoms with Gasteiger partial charge in [-0.1, -0.05) is 34.8 Å². The van der Waals surface area contributed by atoms with E-state index in [0.29, 0.717) is 18.7 Å². The lowest BCUT2D eigenvalue weighted by Gasteiger charge is -2.22. The fraction of sp³-hybridized carbons (Fsp3) is 0.579. The molecule has 1 aliphatic heterocycles. The Morgan fingerprint density at radius 3 is 2.52 bits per heavy atom. The standard InChI is InChI=1S/C19H27BrN4O/c1-21-19(24-12-15-5-2-3-6-16(15)13-24)23-10-9-22-18(25)14-7-4-8-17(20)11-14/h4,7-8,11,15-16H,2-3,5-6,9-10,12-13H2,1H3,(H,21,23)(H,22,25). The Labute approximate surface area is 158 Å². The minimum atomic E-state index is -0.0507. The van der Waals surface area contributed by atoms with Gasteiger partial charge in [0.1, 0.15) is 0 Å². The molecule has 0 radical (unpaired) electrons. The van der Waals surface area contributed by atoms with Crippen LogP contribution in [0.1, 0.15) is 36.0 Å². The summed E-state index contributed by atoms with van der Waals surface area (Å²) < 4.78 is 0.911. The first-order chi connectivity index (χ1) is 12.2. The number of likely N-dealkylation sites (tertiary alicyclic amines) is 1. The van der Waals surface area contributed by atoms with Crippen LogP contribution in [0.2, 0.25) is 0 Å². The first-order valence-electron chi connectivity index (χ1n) is 9.16. The minimum Gasteiger partial charge on any atom is -0.354 e. The number of rotatable bonds is 4. The van der Waals surface area contributed by atoms with Crippen molar-refractivity contribution in [3.63, 3.8) is 0 Å². The molecule has 2 N–H and O–H groups in total. The lowest BCUT2D eigenvalue weighted by molar-refractivity contribution is 0.0954. The van der Waals surface area contributed by atoms with Crippen LogP contribution in [0.3, 0.4) is 0 Å². The van der Waals surface area contributed by atoms with Crippen molar-refractivity contribution in [2.24, 2.45) is 16.8 Å². The summed E-state index contributed by atoms with van der Waals surface area (Å²) in [6, 6.07) is 7.42. The van der Waals surface area contributed by atoms with Gasteiger partial charge < -0.3 is 15.5 Å². The Bertz CT molecular complexity index is 620. The van der Waals surface area contributed by atoms with Crippen LogP contribution >= 0.6 is 15.9 Å². The van der Waals surface area contributed by atoms with Gasteiger partial charge >= 0.3 is 0 Å². The molecule has 3 rings (SSSR count). The molecule has 0 spiro atoms. The number of hydrogen-bond donors (Lipinski definition) is 2. The highest BCUT2D eigenvalue weighted by Gasteiger charge is 2.35. The third-order valence-corrected chi connectivity index (χ3v) is 5.76. The first-order valence-corrected chi connectivity index (χ1v) is 9.96. The maximum absolute atomic E-state index is 12.1. The Kier molecular flexibility index (Phi) is 6.34. The Balaban J connectivity index is 1.42. The number of nitrogens with one attached hydrogen (secondary N) is 2. The minimum absolute atomic E-state index is 0.0507. The molecular weight excluding hydrogens is 380 g/mol. The number of halogens is 1. The summed E-state index contributed by atoms with van der Waals surface area (Å²) >= 11 is 3.39. The quantitative estimate of drug-likeness (QED) is 0.459. The molecule has 25 heavy (non-hydrogen) atoms. The number of carbonyl (C=O) groups is 1. The maximum Gasteiger partial charge on any atom is 0.251 e. The highest BCUT2D eigenvalue weighted by Crippen LogP contribution is 2.35. The fourth-order valence-corrected chi connectivity index (χ4v) is 4.39. The van der Waals surface area contributed by atoms with Crippen LogP contribution in [0, 0.1) is 11.8 Å². The Morgan fingerprint density at radius 2 is 1.88 bits per heavy atom. The molecule has 1 aromatic rings. The zero-order chi connectivity index (χ0) is 17.6. The number of amides is 1. The monoisotopic (exact) mass is 406 g/mol. The Morgan fingerprint density at radius 1 is 1.20 bits per heavy atom. The van der Waals surface area contributed by atoms with E-state index in [2.05, 4.69) is 36.5 Å². The number of aliphatic imine (C=N–C) groups is 1. The van der Waals surface area contributed by atoms with Gasteiger partial charge in [-0.2, -0.15) is 0 Å². The highest BCUT2D eigenvalue weighted by molar-refractivity contribution is 9.10. The van der Waals surface area contributed by atoms with E-state index in [1.807, 2.05) is 31.3 Å². The van der Waals surface area contributed by atoms with Gasteiger partial charge in [0.25, 0.3) is 5.91 Å². The average molecular weight is 407 g/mol. The summed E-state index contributed by atoms with van der Waals surface area (Å²) in [4.78, 5) is 19.0. The second kappa shape index (κ2) is 8.70. The van der Waals surface area contributed by atoms with Gasteiger partial charge in [-0.15, -0.1) is 0 Å². The molecule has 1 saturated heterocycles. The van der Waals surface area contributed by atoms with Crippen molar-refractivity contribution in [3.8, 4) is 0 Å². The summed E-state index contributed by atoms with van der Waals surface area (Å²) in [5.74, 6) is 2.59. The summed E-state index contributed by atoms with van der Waals surface area (Å²) in [6.45, 7) is 3.49. The molecule has 1 aliphatic carbocycles. The molecule has 2 atom stereocenters. The SMILES string of the molecule is CN=C(NCCNC(=O)c1cccc(Br)c1)N1CC2CCCCC2C1. The van der Waals surface area contributed by atoms with Gasteiger partial charge in [-0.05, 0) is 42.9 Å². The van der Waals surface area contributed by atoms with Gasteiger partial charge in [0.05, 0.1) is 0 Å². The van der Waals surface area contributed by atoms with Gasteiger partial charge in [0, 0.05) is 43.3 Å². The van der Waals surface area contributed by atoms with E-state index >= 15 is 0 Å². The van der Waals surface area contributed by atoms with Crippen LogP contribution in [0.5, 0.6) is 0 Å². The van der Waals surface area contributed by atoms with E-state index in [9.17, 15) is 4.79 Å². The van der Waals surface area contributed by atoms with Gasteiger partial charge in [0.2, 0.25) is 0 Å². The maximum atomic E-state index is 12.1. The van der Waals surface area contributed by atoms with E-state index in [-0.39, 0.29) is 5.91 Å². The van der Waals surface area contributed by atoms with Gasteiger partial charge in [0.15, 0.2) is 5.96 Å². The molecule has 2 fully saturated rings. The molecule has 2 unspecified atom stereocenters. The number of fused-ring (bicyclic) bond motifs is 1. The lowest BCUT2D eigenvalue weighted by atomic mass is 9.82. The highest BCUT2D eigenvalue weighted by atomic mass is 79.9. The van der Waals surface area contributed by atoms with Crippen LogP contribution in [0.15, 0.2) is 33.7 Å². The summed E-state index contributed by atoms with van der Waals surface area (Å²) in [6.07, 6.45) is 5.48. The topological polar surface area (TPSA) is 56.7 Å². The zero-order valence-electron chi connectivity index (χ0n) is 14.8. The smallest absolute Gasteiger partial charge is 0.251 e. The predicted octanol–water partition coefficient (Wildman–Crippen LogP) is 2.88. The molecule has 2 aliphatic rings. The molecule has 136 valence electrons. The van der Waals surface area contributed by atoms with Crippen molar-refractivity contribution in [3.05, 3.63) is 34.3 Å². The van der Waals surface area contributed by atoms with Crippen molar-refractivity contribution in [1.29, 1.82) is 0 Å². The van der Waals surface area contributed by atoms with Crippen molar-refractivity contribution >= 4 is 27.8 Å². The van der Waals surface area contributed by atoms with E-state index in [4.69, 9.17) is 0 Å². The molecule has 1 amide bonds. The summed E-state index contributed by atoms with van der Waals surface area (Å²) in [7, 11) is 1.84. The van der Waals surface area contributed by atoms with Crippen LogP contribution in [0.25, 0.3) is 0 Å². The molecule has 0 aromatic heterocycles. The average Bonchev–Trinajstić information content (AvgIpc) is 3.05. The van der Waals surface area contributed by atoms with Crippen LogP contribution in [0.4, 0.5) is 0 Å². The van der Waals surface area contributed by atoms with E-state index < -0.39 is 0 Å². The van der Waals surface area contributed by atoms with Crippen LogP contribution in [-0.2, 0) is 0 Å². The zero-order valence-corrected chi connectivity index (χ0v) is 16.4. The molecule has 1 saturated carbocycles. The number of guanidine groups is 1. The molecule has 1 heterocycles. The fourth-order valence-electron chi connectivity index (χ4n) is 3.99. The van der Waals surface area contributed by atoms with Crippen molar-refractivity contribution < 1.29 is 4.79 Å². The molecular formula is C19H27BrN4O. The summed E-state index contributed by atoms with van der Waals surface area (Å²) in [5.41, 5.74) is 0.669. The second-order valence-corrected chi connectivity index (χ2v) is 7.87. The first kappa shape index (κ1) is 18.2. The third-order valence-electron chi connectivity index (χ3n) is 5.27. The molecule has 0 bridgehead atoms. The van der Waals surface area contributed by atoms with Gasteiger partial charge in [-0.3, -0.25) is 9.79 Å². The lowest BCUT2D eigenvalue weighted by Crippen LogP contribution is -2.43.